The number of aliphatic carboxylic acids is 1. The van der Waals surface area contributed by atoms with Crippen LogP contribution >= 0.6 is 27.5 Å². The van der Waals surface area contributed by atoms with Crippen LogP contribution < -0.4 is 0 Å². The summed E-state index contributed by atoms with van der Waals surface area (Å²) in [6.45, 7) is 2.64. The minimum Gasteiger partial charge on any atom is -0.481 e. The van der Waals surface area contributed by atoms with E-state index in [9.17, 15) is 9.59 Å². The number of amides is 1. The van der Waals surface area contributed by atoms with Crippen molar-refractivity contribution in [2.45, 2.75) is 6.92 Å². The SMILES string of the molecule is CC(C(=O)O)C1CN(C(=O)c2cc(Cl)cc(Br)c2)C1. The standard InChI is InChI=1S/C13H13BrClNO3/c1-7(13(18)19)9-5-16(6-9)12(17)8-2-10(14)4-11(15)3-8/h2-4,7,9H,5-6H2,1H3,(H,18,19). The largest absolute Gasteiger partial charge is 0.481 e. The number of rotatable bonds is 3. The maximum atomic E-state index is 12.2. The third kappa shape index (κ3) is 3.09. The van der Waals surface area contributed by atoms with Gasteiger partial charge in [0.05, 0.1) is 5.92 Å². The minimum absolute atomic E-state index is 0.0316. The molecule has 1 unspecified atom stereocenters. The lowest BCUT2D eigenvalue weighted by Crippen LogP contribution is -2.53. The zero-order chi connectivity index (χ0) is 14.2. The lowest BCUT2D eigenvalue weighted by atomic mass is 9.86. The average Bonchev–Trinajstić information content (AvgIpc) is 2.25. The van der Waals surface area contributed by atoms with E-state index in [1.807, 2.05) is 0 Å². The summed E-state index contributed by atoms with van der Waals surface area (Å²) in [5.41, 5.74) is 0.515. The Labute approximate surface area is 124 Å². The number of carbonyl (C=O) groups excluding carboxylic acids is 1. The number of hydrogen-bond acceptors (Lipinski definition) is 2. The summed E-state index contributed by atoms with van der Waals surface area (Å²) in [6.07, 6.45) is 0. The minimum atomic E-state index is -0.817. The van der Waals surface area contributed by atoms with Crippen molar-refractivity contribution in [3.63, 3.8) is 0 Å². The van der Waals surface area contributed by atoms with Crippen molar-refractivity contribution < 1.29 is 14.7 Å². The van der Waals surface area contributed by atoms with Gasteiger partial charge in [-0.1, -0.05) is 34.5 Å². The molecule has 1 aromatic carbocycles. The van der Waals surface area contributed by atoms with E-state index >= 15 is 0 Å². The summed E-state index contributed by atoms with van der Waals surface area (Å²) in [4.78, 5) is 24.7. The lowest BCUT2D eigenvalue weighted by Gasteiger charge is -2.41. The monoisotopic (exact) mass is 345 g/mol. The Kier molecular flexibility index (Phi) is 4.16. The number of carboxylic acid groups (broad SMARTS) is 1. The van der Waals surface area contributed by atoms with Crippen molar-refractivity contribution in [2.75, 3.05) is 13.1 Å². The highest BCUT2D eigenvalue weighted by Crippen LogP contribution is 2.27. The first-order chi connectivity index (χ1) is 8.88. The topological polar surface area (TPSA) is 57.6 Å². The second-order valence-corrected chi connectivity index (χ2v) is 6.11. The van der Waals surface area contributed by atoms with Crippen LogP contribution in [-0.4, -0.2) is 35.0 Å². The molecule has 0 radical (unpaired) electrons. The molecule has 0 spiro atoms. The van der Waals surface area contributed by atoms with Gasteiger partial charge in [0.25, 0.3) is 5.91 Å². The van der Waals surface area contributed by atoms with Crippen molar-refractivity contribution in [1.82, 2.24) is 4.90 Å². The molecule has 1 aromatic rings. The molecule has 1 heterocycles. The molecule has 1 amide bonds. The fourth-order valence-corrected chi connectivity index (χ4v) is 2.92. The maximum Gasteiger partial charge on any atom is 0.306 e. The molecule has 0 aliphatic carbocycles. The summed E-state index contributed by atoms with van der Waals surface area (Å²) < 4.78 is 0.749. The molecule has 0 aromatic heterocycles. The van der Waals surface area contributed by atoms with Crippen LogP contribution in [-0.2, 0) is 4.79 Å². The molecule has 1 saturated heterocycles. The predicted molar refractivity (Wildman–Crippen MR) is 75.3 cm³/mol. The van der Waals surface area contributed by atoms with E-state index in [1.54, 1.807) is 30.0 Å². The number of likely N-dealkylation sites (tertiary alicyclic amines) is 1. The van der Waals surface area contributed by atoms with Crippen LogP contribution in [0.1, 0.15) is 17.3 Å². The molecule has 0 saturated carbocycles. The Balaban J connectivity index is 2.02. The lowest BCUT2D eigenvalue weighted by molar-refractivity contribution is -0.144. The number of hydrogen-bond donors (Lipinski definition) is 1. The van der Waals surface area contributed by atoms with Crippen LogP contribution in [0.2, 0.25) is 5.02 Å². The first kappa shape index (κ1) is 14.3. The molecule has 102 valence electrons. The zero-order valence-electron chi connectivity index (χ0n) is 10.3. The van der Waals surface area contributed by atoms with Gasteiger partial charge < -0.3 is 10.0 Å². The van der Waals surface area contributed by atoms with Crippen molar-refractivity contribution in [1.29, 1.82) is 0 Å². The Morgan fingerprint density at radius 3 is 2.58 bits per heavy atom. The predicted octanol–water partition coefficient (Wildman–Crippen LogP) is 2.90. The summed E-state index contributed by atoms with van der Waals surface area (Å²) in [7, 11) is 0. The molecule has 4 nitrogen and oxygen atoms in total. The molecule has 2 rings (SSSR count). The van der Waals surface area contributed by atoms with Gasteiger partial charge in [0.15, 0.2) is 0 Å². The molecule has 1 fully saturated rings. The average molecular weight is 347 g/mol. The highest BCUT2D eigenvalue weighted by molar-refractivity contribution is 9.10. The summed E-state index contributed by atoms with van der Waals surface area (Å²) in [5, 5.41) is 9.40. The van der Waals surface area contributed by atoms with E-state index in [0.29, 0.717) is 23.7 Å². The third-order valence-corrected chi connectivity index (χ3v) is 4.08. The zero-order valence-corrected chi connectivity index (χ0v) is 12.6. The second kappa shape index (κ2) is 5.51. The Bertz CT molecular complexity index is 508. The van der Waals surface area contributed by atoms with Gasteiger partial charge in [-0.15, -0.1) is 0 Å². The van der Waals surface area contributed by atoms with Crippen LogP contribution in [0.5, 0.6) is 0 Å². The summed E-state index contributed by atoms with van der Waals surface area (Å²) >= 11 is 9.19. The molecule has 1 aliphatic heterocycles. The van der Waals surface area contributed by atoms with Gasteiger partial charge in [-0.25, -0.2) is 0 Å². The van der Waals surface area contributed by atoms with Gasteiger partial charge in [-0.2, -0.15) is 0 Å². The normalized spacial score (nSPS) is 16.9. The molecular weight excluding hydrogens is 334 g/mol. The fourth-order valence-electron chi connectivity index (χ4n) is 2.06. The first-order valence-electron chi connectivity index (χ1n) is 5.86. The van der Waals surface area contributed by atoms with Gasteiger partial charge >= 0.3 is 5.97 Å². The van der Waals surface area contributed by atoms with Gasteiger partial charge in [-0.3, -0.25) is 9.59 Å². The highest BCUT2D eigenvalue weighted by atomic mass is 79.9. The highest BCUT2D eigenvalue weighted by Gasteiger charge is 2.37. The quantitative estimate of drug-likeness (QED) is 0.915. The van der Waals surface area contributed by atoms with E-state index in [0.717, 1.165) is 4.47 Å². The van der Waals surface area contributed by atoms with E-state index in [-0.39, 0.29) is 11.8 Å². The van der Waals surface area contributed by atoms with E-state index in [4.69, 9.17) is 16.7 Å². The van der Waals surface area contributed by atoms with Crippen LogP contribution in [0.15, 0.2) is 22.7 Å². The van der Waals surface area contributed by atoms with Crippen molar-refractivity contribution >= 4 is 39.4 Å². The van der Waals surface area contributed by atoms with Crippen molar-refractivity contribution in [3.8, 4) is 0 Å². The summed E-state index contributed by atoms with van der Waals surface area (Å²) in [5.74, 6) is -1.32. The van der Waals surface area contributed by atoms with Crippen LogP contribution in [0.4, 0.5) is 0 Å². The second-order valence-electron chi connectivity index (χ2n) is 4.76. The molecule has 1 N–H and O–H groups in total. The number of carbonyl (C=O) groups is 2. The maximum absolute atomic E-state index is 12.2. The molecule has 1 atom stereocenters. The molecule has 0 bridgehead atoms. The molecule has 6 heteroatoms. The van der Waals surface area contributed by atoms with Crippen LogP contribution in [0.25, 0.3) is 0 Å². The van der Waals surface area contributed by atoms with Crippen LogP contribution in [0, 0.1) is 11.8 Å². The molecule has 1 aliphatic rings. The molecule has 19 heavy (non-hydrogen) atoms. The van der Waals surface area contributed by atoms with Gasteiger partial charge in [0.1, 0.15) is 0 Å². The fraction of sp³-hybridized carbons (Fsp3) is 0.385. The number of carboxylic acids is 1. The van der Waals surface area contributed by atoms with Crippen molar-refractivity contribution in [3.05, 3.63) is 33.3 Å². The Hall–Kier alpha value is -1.07. The van der Waals surface area contributed by atoms with Gasteiger partial charge in [0.2, 0.25) is 0 Å². The van der Waals surface area contributed by atoms with Crippen LogP contribution in [0.3, 0.4) is 0 Å². The smallest absolute Gasteiger partial charge is 0.306 e. The van der Waals surface area contributed by atoms with Gasteiger partial charge in [-0.05, 0) is 18.2 Å². The van der Waals surface area contributed by atoms with E-state index < -0.39 is 11.9 Å². The van der Waals surface area contributed by atoms with E-state index in [1.165, 1.54) is 0 Å². The number of benzene rings is 1. The number of nitrogens with zero attached hydrogens (tertiary/aromatic N) is 1. The Morgan fingerprint density at radius 1 is 1.42 bits per heavy atom. The number of halogens is 2. The van der Waals surface area contributed by atoms with Gasteiger partial charge in [0, 0.05) is 34.1 Å². The molecular formula is C13H13BrClNO3. The van der Waals surface area contributed by atoms with Crippen molar-refractivity contribution in [2.24, 2.45) is 11.8 Å². The first-order valence-corrected chi connectivity index (χ1v) is 7.03. The Morgan fingerprint density at radius 2 is 2.05 bits per heavy atom. The third-order valence-electron chi connectivity index (χ3n) is 3.40. The van der Waals surface area contributed by atoms with E-state index in [2.05, 4.69) is 15.9 Å². The summed E-state index contributed by atoms with van der Waals surface area (Å²) in [6, 6.07) is 5.04.